The average Bonchev–Trinajstić information content (AvgIpc) is 2.93. The van der Waals surface area contributed by atoms with E-state index < -0.39 is 0 Å². The normalized spacial score (nSPS) is 10.6. The van der Waals surface area contributed by atoms with E-state index in [1.54, 1.807) is 0 Å². The van der Waals surface area contributed by atoms with Crippen LogP contribution >= 0.6 is 0 Å². The first kappa shape index (κ1) is 18.7. The molecule has 0 aliphatic rings. The second-order valence-corrected chi connectivity index (χ2v) is 6.81. The molecule has 1 aromatic heterocycles. The van der Waals surface area contributed by atoms with E-state index in [4.69, 9.17) is 0 Å². The fraction of sp³-hybridized carbons (Fsp3) is 0.273. The molecule has 3 rings (SSSR count). The summed E-state index contributed by atoms with van der Waals surface area (Å²) in [4.78, 5) is 12.1. The number of benzene rings is 2. The Balaban J connectivity index is 1.55. The van der Waals surface area contributed by atoms with Crippen molar-refractivity contribution in [3.05, 3.63) is 88.2 Å². The van der Waals surface area contributed by atoms with E-state index in [1.807, 2.05) is 67.9 Å². The van der Waals surface area contributed by atoms with Crippen molar-refractivity contribution in [2.45, 2.75) is 40.4 Å². The van der Waals surface area contributed by atoms with E-state index in [0.29, 0.717) is 13.1 Å². The van der Waals surface area contributed by atoms with Crippen molar-refractivity contribution in [3.63, 3.8) is 0 Å². The molecule has 0 aliphatic carbocycles. The highest BCUT2D eigenvalue weighted by atomic mass is 16.2. The summed E-state index contributed by atoms with van der Waals surface area (Å²) in [6, 6.07) is 18.2. The fourth-order valence-corrected chi connectivity index (χ4v) is 3.02. The van der Waals surface area contributed by atoms with Crippen LogP contribution in [0.1, 0.15) is 33.6 Å². The molecule has 0 radical (unpaired) electrons. The number of nitrogens with zero attached hydrogens (tertiary/aromatic N) is 2. The van der Waals surface area contributed by atoms with Gasteiger partial charge in [-0.15, -0.1) is 0 Å². The maximum absolute atomic E-state index is 12.1. The Morgan fingerprint density at radius 2 is 1.56 bits per heavy atom. The number of aromatic nitrogens is 2. The zero-order chi connectivity index (χ0) is 19.2. The Labute approximate surface area is 160 Å². The van der Waals surface area contributed by atoms with Gasteiger partial charge in [-0.2, -0.15) is 5.10 Å². The summed E-state index contributed by atoms with van der Waals surface area (Å²) < 4.78 is 1.99. The van der Waals surface area contributed by atoms with Gasteiger partial charge in [-0.1, -0.05) is 60.2 Å². The van der Waals surface area contributed by atoms with Gasteiger partial charge in [0, 0.05) is 24.3 Å². The van der Waals surface area contributed by atoms with Gasteiger partial charge in [0.05, 0.1) is 12.2 Å². The minimum Gasteiger partial charge on any atom is -0.334 e. The first-order valence-corrected chi connectivity index (χ1v) is 9.17. The molecule has 2 amide bonds. The van der Waals surface area contributed by atoms with Crippen LogP contribution in [0.2, 0.25) is 0 Å². The number of urea groups is 1. The van der Waals surface area contributed by atoms with Crippen molar-refractivity contribution in [1.82, 2.24) is 20.4 Å². The molecule has 0 fully saturated rings. The first-order chi connectivity index (χ1) is 13.0. The van der Waals surface area contributed by atoms with Crippen LogP contribution in [0.15, 0.2) is 54.6 Å². The molecule has 2 N–H and O–H groups in total. The Kier molecular flexibility index (Phi) is 5.91. The summed E-state index contributed by atoms with van der Waals surface area (Å²) in [5.41, 5.74) is 6.59. The predicted octanol–water partition coefficient (Wildman–Crippen LogP) is 3.86. The summed E-state index contributed by atoms with van der Waals surface area (Å²) in [7, 11) is 0. The quantitative estimate of drug-likeness (QED) is 0.700. The molecule has 0 atom stereocenters. The summed E-state index contributed by atoms with van der Waals surface area (Å²) in [5, 5.41) is 10.5. The van der Waals surface area contributed by atoms with Crippen LogP contribution in [-0.2, 0) is 19.6 Å². The number of rotatable bonds is 6. The number of nitrogens with one attached hydrogen (secondary N) is 2. The lowest BCUT2D eigenvalue weighted by Crippen LogP contribution is -2.34. The van der Waals surface area contributed by atoms with Gasteiger partial charge in [-0.25, -0.2) is 4.79 Å². The third kappa shape index (κ3) is 4.97. The molecule has 0 aliphatic heterocycles. The summed E-state index contributed by atoms with van der Waals surface area (Å²) in [6.07, 6.45) is 0. The van der Waals surface area contributed by atoms with Crippen molar-refractivity contribution < 1.29 is 4.79 Å². The second-order valence-electron chi connectivity index (χ2n) is 6.81. The van der Waals surface area contributed by atoms with E-state index in [1.165, 1.54) is 11.1 Å². The number of hydrogen-bond donors (Lipinski definition) is 2. The molecule has 5 nitrogen and oxygen atoms in total. The minimum absolute atomic E-state index is 0.176. The predicted molar refractivity (Wildman–Crippen MR) is 107 cm³/mol. The van der Waals surface area contributed by atoms with Gasteiger partial charge in [-0.05, 0) is 31.9 Å². The molecule has 0 unspecified atom stereocenters. The maximum Gasteiger partial charge on any atom is 0.315 e. The molecule has 5 heteroatoms. The summed E-state index contributed by atoms with van der Waals surface area (Å²) in [5.74, 6) is 0. The lowest BCUT2D eigenvalue weighted by atomic mass is 10.1. The number of carbonyl (C=O) groups excluding carboxylic acids is 1. The van der Waals surface area contributed by atoms with Gasteiger partial charge < -0.3 is 10.6 Å². The molecule has 3 aromatic rings. The van der Waals surface area contributed by atoms with Crippen molar-refractivity contribution in [2.24, 2.45) is 0 Å². The van der Waals surface area contributed by atoms with E-state index in [2.05, 4.69) is 27.9 Å². The maximum atomic E-state index is 12.1. The second kappa shape index (κ2) is 8.54. The topological polar surface area (TPSA) is 59.0 Å². The molecule has 1 heterocycles. The van der Waals surface area contributed by atoms with Gasteiger partial charge >= 0.3 is 6.03 Å². The molecule has 0 saturated heterocycles. The van der Waals surface area contributed by atoms with Crippen molar-refractivity contribution in [3.8, 4) is 0 Å². The standard InChI is InChI=1S/C22H26N4O/c1-16-9-11-19(12-10-16)13-23-22(27)24-14-21-17(2)25-26(18(21)3)15-20-7-5-4-6-8-20/h4-12H,13-15H2,1-3H3,(H2,23,24,27). The highest BCUT2D eigenvalue weighted by Crippen LogP contribution is 2.14. The first-order valence-electron chi connectivity index (χ1n) is 9.17. The number of carbonyl (C=O) groups is 1. The number of amides is 2. The monoisotopic (exact) mass is 362 g/mol. The molecule has 0 saturated carbocycles. The summed E-state index contributed by atoms with van der Waals surface area (Å²) >= 11 is 0. The van der Waals surface area contributed by atoms with Crippen molar-refractivity contribution >= 4 is 6.03 Å². The van der Waals surface area contributed by atoms with Crippen LogP contribution in [0, 0.1) is 20.8 Å². The molecule has 2 aromatic carbocycles. The Morgan fingerprint density at radius 3 is 2.26 bits per heavy atom. The third-order valence-electron chi connectivity index (χ3n) is 4.71. The van der Waals surface area contributed by atoms with E-state index in [0.717, 1.165) is 29.1 Å². The zero-order valence-corrected chi connectivity index (χ0v) is 16.1. The van der Waals surface area contributed by atoms with E-state index in [-0.39, 0.29) is 6.03 Å². The lowest BCUT2D eigenvalue weighted by Gasteiger charge is -2.09. The SMILES string of the molecule is Cc1ccc(CNC(=O)NCc2c(C)nn(Cc3ccccc3)c2C)cc1. The van der Waals surface area contributed by atoms with Crippen LogP contribution in [0.25, 0.3) is 0 Å². The molecular weight excluding hydrogens is 336 g/mol. The minimum atomic E-state index is -0.176. The Hall–Kier alpha value is -3.08. The third-order valence-corrected chi connectivity index (χ3v) is 4.71. The smallest absolute Gasteiger partial charge is 0.315 e. The molecule has 0 spiro atoms. The Morgan fingerprint density at radius 1 is 0.889 bits per heavy atom. The molecule has 140 valence electrons. The van der Waals surface area contributed by atoms with Crippen molar-refractivity contribution in [1.29, 1.82) is 0 Å². The molecular formula is C22H26N4O. The van der Waals surface area contributed by atoms with E-state index >= 15 is 0 Å². The average molecular weight is 362 g/mol. The summed E-state index contributed by atoms with van der Waals surface area (Å²) in [6.45, 7) is 7.78. The van der Waals surface area contributed by atoms with Gasteiger partial charge in [0.25, 0.3) is 0 Å². The van der Waals surface area contributed by atoms with Gasteiger partial charge in [0.2, 0.25) is 0 Å². The van der Waals surface area contributed by atoms with Crippen LogP contribution in [0.3, 0.4) is 0 Å². The van der Waals surface area contributed by atoms with E-state index in [9.17, 15) is 4.79 Å². The number of aryl methyl sites for hydroxylation is 2. The van der Waals surface area contributed by atoms with Crippen LogP contribution in [0.5, 0.6) is 0 Å². The fourth-order valence-electron chi connectivity index (χ4n) is 3.02. The molecule has 27 heavy (non-hydrogen) atoms. The largest absolute Gasteiger partial charge is 0.334 e. The lowest BCUT2D eigenvalue weighted by molar-refractivity contribution is 0.240. The van der Waals surface area contributed by atoms with Crippen LogP contribution < -0.4 is 10.6 Å². The Bertz CT molecular complexity index is 898. The van der Waals surface area contributed by atoms with Gasteiger partial charge in [0.15, 0.2) is 0 Å². The van der Waals surface area contributed by atoms with Gasteiger partial charge in [0.1, 0.15) is 0 Å². The van der Waals surface area contributed by atoms with Gasteiger partial charge in [-0.3, -0.25) is 4.68 Å². The number of hydrogen-bond acceptors (Lipinski definition) is 2. The molecule has 0 bridgehead atoms. The van der Waals surface area contributed by atoms with Crippen LogP contribution in [0.4, 0.5) is 4.79 Å². The zero-order valence-electron chi connectivity index (χ0n) is 16.1. The highest BCUT2D eigenvalue weighted by Gasteiger charge is 2.12. The highest BCUT2D eigenvalue weighted by molar-refractivity contribution is 5.73. The van der Waals surface area contributed by atoms with Crippen LogP contribution in [-0.4, -0.2) is 15.8 Å². The van der Waals surface area contributed by atoms with Crippen molar-refractivity contribution in [2.75, 3.05) is 0 Å².